The van der Waals surface area contributed by atoms with Crippen molar-refractivity contribution >= 4 is 34.3 Å². The third-order valence-electron chi connectivity index (χ3n) is 9.12. The third-order valence-corrected chi connectivity index (χ3v) is 10.2. The van der Waals surface area contributed by atoms with E-state index in [0.29, 0.717) is 11.6 Å². The largest absolute Gasteiger partial charge is 0.325 e. The fourth-order valence-corrected chi connectivity index (χ4v) is 9.10. The second-order valence-corrected chi connectivity index (χ2v) is 12.4. The molecule has 9 heteroatoms. The number of carbonyl (C=O) groups excluding carboxylic acids is 3. The van der Waals surface area contributed by atoms with Crippen molar-refractivity contribution in [1.29, 1.82) is 0 Å². The molecule has 1 aromatic heterocycles. The molecule has 1 spiro atoms. The van der Waals surface area contributed by atoms with E-state index in [1.165, 1.54) is 49.9 Å². The first kappa shape index (κ1) is 21.5. The number of nitrogens with one attached hydrogen (secondary N) is 2. The maximum absolute atomic E-state index is 13.4. The lowest BCUT2D eigenvalue weighted by Gasteiger charge is -2.55. The van der Waals surface area contributed by atoms with Gasteiger partial charge in [-0.3, -0.25) is 19.8 Å². The van der Waals surface area contributed by atoms with Crippen LogP contribution in [-0.4, -0.2) is 39.5 Å². The highest BCUT2D eigenvalue weighted by molar-refractivity contribution is 7.15. The van der Waals surface area contributed by atoms with Crippen molar-refractivity contribution in [2.45, 2.75) is 68.7 Å². The summed E-state index contributed by atoms with van der Waals surface area (Å²) in [5, 5.41) is 16.0. The number of imide groups is 1. The zero-order valence-electron chi connectivity index (χ0n) is 19.6. The lowest BCUT2D eigenvalue weighted by Crippen LogP contribution is -2.48. The van der Waals surface area contributed by atoms with Crippen molar-refractivity contribution in [2.75, 3.05) is 11.9 Å². The van der Waals surface area contributed by atoms with Crippen molar-refractivity contribution < 1.29 is 14.4 Å². The Morgan fingerprint density at radius 3 is 2.54 bits per heavy atom. The maximum atomic E-state index is 13.4. The molecule has 0 unspecified atom stereocenters. The summed E-state index contributed by atoms with van der Waals surface area (Å²) in [7, 11) is 0. The molecule has 0 radical (unpaired) electrons. The molecule has 2 aromatic rings. The molecule has 1 aliphatic heterocycles. The number of fused-ring (bicyclic) bond motifs is 2. The van der Waals surface area contributed by atoms with Gasteiger partial charge in [0.15, 0.2) is 0 Å². The van der Waals surface area contributed by atoms with Crippen molar-refractivity contribution in [3.8, 4) is 0 Å². The Morgan fingerprint density at radius 1 is 1.09 bits per heavy atom. The van der Waals surface area contributed by atoms with Crippen LogP contribution in [0.5, 0.6) is 0 Å². The highest BCUT2D eigenvalue weighted by Gasteiger charge is 2.55. The van der Waals surface area contributed by atoms with Crippen LogP contribution in [-0.2, 0) is 27.0 Å². The Bertz CT molecular complexity index is 1210. The molecule has 4 bridgehead atoms. The van der Waals surface area contributed by atoms with Crippen molar-refractivity contribution in [1.82, 2.24) is 20.4 Å². The number of amides is 4. The van der Waals surface area contributed by atoms with E-state index >= 15 is 0 Å². The molecule has 8 rings (SSSR count). The molecule has 2 heterocycles. The second-order valence-electron chi connectivity index (χ2n) is 11.4. The molecule has 4 amide bonds. The van der Waals surface area contributed by atoms with Gasteiger partial charge in [0.1, 0.15) is 17.1 Å². The number of carbonyl (C=O) groups is 3. The van der Waals surface area contributed by atoms with Gasteiger partial charge in [0, 0.05) is 5.41 Å². The van der Waals surface area contributed by atoms with Crippen LogP contribution in [0, 0.1) is 17.8 Å². The van der Waals surface area contributed by atoms with Crippen LogP contribution in [0.4, 0.5) is 9.93 Å². The number of urea groups is 1. The molecule has 5 aliphatic carbocycles. The van der Waals surface area contributed by atoms with Gasteiger partial charge in [-0.05, 0) is 86.7 Å². The first-order valence-corrected chi connectivity index (χ1v) is 13.6. The number of hydrogen-bond donors (Lipinski definition) is 2. The van der Waals surface area contributed by atoms with Crippen LogP contribution >= 0.6 is 11.3 Å². The predicted molar refractivity (Wildman–Crippen MR) is 130 cm³/mol. The summed E-state index contributed by atoms with van der Waals surface area (Å²) in [6.45, 7) is -0.332. The molecular weight excluding hydrogens is 462 g/mol. The molecule has 8 nitrogen and oxygen atoms in total. The van der Waals surface area contributed by atoms with E-state index in [0.717, 1.165) is 51.6 Å². The minimum atomic E-state index is -1.07. The number of hydrogen-bond acceptors (Lipinski definition) is 6. The highest BCUT2D eigenvalue weighted by Crippen LogP contribution is 2.61. The third kappa shape index (κ3) is 3.27. The zero-order chi connectivity index (χ0) is 23.8. The number of anilines is 1. The quantitative estimate of drug-likeness (QED) is 0.635. The topological polar surface area (TPSA) is 104 Å². The molecule has 1 saturated heterocycles. The van der Waals surface area contributed by atoms with Gasteiger partial charge in [-0.1, -0.05) is 35.6 Å². The summed E-state index contributed by atoms with van der Waals surface area (Å²) in [5.41, 5.74) is 0.975. The molecule has 1 atom stereocenters. The smallest absolute Gasteiger partial charge is 0.319 e. The van der Waals surface area contributed by atoms with Gasteiger partial charge in [0.25, 0.3) is 5.91 Å². The van der Waals surface area contributed by atoms with Crippen molar-refractivity contribution in [3.63, 3.8) is 0 Å². The van der Waals surface area contributed by atoms with Crippen molar-refractivity contribution in [3.05, 3.63) is 40.4 Å². The average molecular weight is 492 g/mol. The van der Waals surface area contributed by atoms with Crippen LogP contribution in [0.2, 0.25) is 0 Å². The van der Waals surface area contributed by atoms with E-state index in [1.807, 2.05) is 24.3 Å². The Kier molecular flexibility index (Phi) is 4.66. The minimum absolute atomic E-state index is 0.126. The average Bonchev–Trinajstić information content (AvgIpc) is 3.38. The zero-order valence-corrected chi connectivity index (χ0v) is 20.4. The lowest BCUT2D eigenvalue weighted by molar-refractivity contribution is -0.134. The van der Waals surface area contributed by atoms with Crippen LogP contribution in [0.3, 0.4) is 0 Å². The summed E-state index contributed by atoms with van der Waals surface area (Å²) in [6.07, 6.45) is 9.87. The molecule has 4 saturated carbocycles. The first-order valence-electron chi connectivity index (χ1n) is 12.8. The Hall–Kier alpha value is -2.81. The minimum Gasteiger partial charge on any atom is -0.319 e. The van der Waals surface area contributed by atoms with Gasteiger partial charge < -0.3 is 5.32 Å². The SMILES string of the molecule is O=C(CN1C(=O)N[C@@]2(CCCc3ccccc32)C1=O)Nc1nnc(C23CC4CC(CC(C4)C2)C3)s1. The summed E-state index contributed by atoms with van der Waals surface area (Å²) in [4.78, 5) is 40.2. The van der Waals surface area contributed by atoms with Gasteiger partial charge in [-0.25, -0.2) is 4.79 Å². The fraction of sp³-hybridized carbons (Fsp3) is 0.577. The fourth-order valence-electron chi connectivity index (χ4n) is 8.12. The summed E-state index contributed by atoms with van der Waals surface area (Å²) < 4.78 is 0. The molecule has 182 valence electrons. The molecule has 2 N–H and O–H groups in total. The van der Waals surface area contributed by atoms with Crippen LogP contribution < -0.4 is 10.6 Å². The number of benzene rings is 1. The summed E-state index contributed by atoms with van der Waals surface area (Å²) in [5.74, 6) is 1.64. The van der Waals surface area contributed by atoms with Gasteiger partial charge >= 0.3 is 6.03 Å². The van der Waals surface area contributed by atoms with E-state index in [4.69, 9.17) is 0 Å². The molecule has 6 aliphatic rings. The lowest BCUT2D eigenvalue weighted by atomic mass is 9.50. The van der Waals surface area contributed by atoms with Gasteiger partial charge in [-0.2, -0.15) is 0 Å². The molecule has 5 fully saturated rings. The summed E-state index contributed by atoms with van der Waals surface area (Å²) in [6, 6.07) is 7.22. The summed E-state index contributed by atoms with van der Waals surface area (Å²) >= 11 is 1.46. The number of aryl methyl sites for hydroxylation is 1. The molecule has 1 aromatic carbocycles. The van der Waals surface area contributed by atoms with E-state index in [9.17, 15) is 14.4 Å². The van der Waals surface area contributed by atoms with Crippen LogP contribution in [0.25, 0.3) is 0 Å². The first-order chi connectivity index (χ1) is 16.9. The predicted octanol–water partition coefficient (Wildman–Crippen LogP) is 3.73. The number of rotatable bonds is 4. The van der Waals surface area contributed by atoms with Crippen LogP contribution in [0.1, 0.15) is 67.5 Å². The van der Waals surface area contributed by atoms with E-state index in [1.54, 1.807) is 0 Å². The van der Waals surface area contributed by atoms with Gasteiger partial charge in [-0.15, -0.1) is 10.2 Å². The van der Waals surface area contributed by atoms with E-state index in [2.05, 4.69) is 20.8 Å². The Labute approximate surface area is 207 Å². The second kappa shape index (κ2) is 7.59. The monoisotopic (exact) mass is 491 g/mol. The van der Waals surface area contributed by atoms with Gasteiger partial charge in [0.05, 0.1) is 0 Å². The maximum Gasteiger partial charge on any atom is 0.325 e. The Balaban J connectivity index is 1.06. The van der Waals surface area contributed by atoms with E-state index < -0.39 is 17.5 Å². The Morgan fingerprint density at radius 2 is 1.80 bits per heavy atom. The van der Waals surface area contributed by atoms with Crippen molar-refractivity contribution in [2.24, 2.45) is 17.8 Å². The number of nitrogens with zero attached hydrogens (tertiary/aromatic N) is 3. The van der Waals surface area contributed by atoms with E-state index in [-0.39, 0.29) is 17.9 Å². The highest BCUT2D eigenvalue weighted by atomic mass is 32.1. The molecule has 35 heavy (non-hydrogen) atoms. The number of aromatic nitrogens is 2. The van der Waals surface area contributed by atoms with Gasteiger partial charge in [0.2, 0.25) is 11.0 Å². The normalized spacial score (nSPS) is 34.9. The molecular formula is C26H29N5O3S. The van der Waals surface area contributed by atoms with Crippen LogP contribution in [0.15, 0.2) is 24.3 Å². The standard InChI is InChI=1S/C26H29N5O3S/c32-20(14-31-22(33)26(28-24(31)34)7-3-5-18-4-1-2-6-19(18)26)27-23-30-29-21(35-23)25-11-15-8-16(12-25)10-17(9-15)13-25/h1-2,4,6,15-17H,3,5,7-14H2,(H,28,34)(H,27,30,32)/t15?,16?,17?,25?,26-/m1/s1.